The first kappa shape index (κ1) is 24.7. The summed E-state index contributed by atoms with van der Waals surface area (Å²) < 4.78 is 0. The Morgan fingerprint density at radius 1 is 1.03 bits per heavy atom. The molecule has 3 heterocycles. The average Bonchev–Trinajstić information content (AvgIpc) is 3.44. The maximum Gasteiger partial charge on any atom is 0.255 e. The Morgan fingerprint density at radius 2 is 1.76 bits per heavy atom. The molecule has 7 heteroatoms. The van der Waals surface area contributed by atoms with Crippen LogP contribution in [-0.4, -0.2) is 45.7 Å². The lowest BCUT2D eigenvalue weighted by Crippen LogP contribution is -2.57. The van der Waals surface area contributed by atoms with Crippen molar-refractivity contribution >= 4 is 28.6 Å². The van der Waals surface area contributed by atoms with Crippen LogP contribution in [0.25, 0.3) is 10.9 Å². The van der Waals surface area contributed by atoms with Crippen LogP contribution in [0.1, 0.15) is 85.6 Å². The third-order valence-electron chi connectivity index (χ3n) is 8.45. The lowest BCUT2D eigenvalue weighted by molar-refractivity contribution is -0.132. The molecule has 3 amide bonds. The van der Waals surface area contributed by atoms with Crippen molar-refractivity contribution in [2.45, 2.75) is 83.0 Å². The fourth-order valence-corrected chi connectivity index (χ4v) is 6.66. The van der Waals surface area contributed by atoms with E-state index in [1.807, 2.05) is 42.5 Å². The van der Waals surface area contributed by atoms with Crippen molar-refractivity contribution < 1.29 is 14.4 Å². The molecule has 2 aromatic carbocycles. The molecule has 1 aliphatic carbocycles. The van der Waals surface area contributed by atoms with E-state index in [1.54, 1.807) is 4.90 Å². The number of benzene rings is 2. The molecule has 198 valence electrons. The van der Waals surface area contributed by atoms with Gasteiger partial charge >= 0.3 is 0 Å². The Morgan fingerprint density at radius 3 is 2.55 bits per heavy atom. The van der Waals surface area contributed by atoms with Gasteiger partial charge in [0.25, 0.3) is 5.91 Å². The van der Waals surface area contributed by atoms with Crippen LogP contribution in [0.2, 0.25) is 0 Å². The summed E-state index contributed by atoms with van der Waals surface area (Å²) in [6.45, 7) is 4.12. The predicted molar refractivity (Wildman–Crippen MR) is 147 cm³/mol. The highest BCUT2D eigenvalue weighted by Crippen LogP contribution is 2.46. The first-order valence-corrected chi connectivity index (χ1v) is 14.0. The zero-order chi connectivity index (χ0) is 26.4. The molecule has 1 fully saturated rings. The van der Waals surface area contributed by atoms with Crippen molar-refractivity contribution in [1.82, 2.24) is 20.5 Å². The lowest BCUT2D eigenvalue weighted by atomic mass is 9.89. The van der Waals surface area contributed by atoms with Crippen molar-refractivity contribution in [3.05, 3.63) is 70.9 Å². The minimum Gasteiger partial charge on any atom is -0.356 e. The fourth-order valence-electron chi connectivity index (χ4n) is 6.66. The van der Waals surface area contributed by atoms with Crippen LogP contribution >= 0.6 is 0 Å². The van der Waals surface area contributed by atoms with Crippen molar-refractivity contribution in [2.75, 3.05) is 0 Å². The van der Waals surface area contributed by atoms with Crippen LogP contribution in [0, 0.1) is 5.92 Å². The third kappa shape index (κ3) is 4.28. The molecule has 1 saturated carbocycles. The fraction of sp³-hybridized carbons (Fsp3) is 0.452. The predicted octanol–water partition coefficient (Wildman–Crippen LogP) is 4.62. The standard InChI is InChI=1S/C31H36N4O3/c1-18(2)16-25(29(36)32-19-10-4-3-5-11-19)34-30(37)26-17-23-20-12-8-9-15-24(20)33-27(23)28-21-13-6-7-14-22(21)31(38)35(26)28/h6-9,12-15,18-19,25-26,28,33H,3-5,10-11,16-17H2,1-2H3,(H,32,36)(H,34,37). The number of rotatable bonds is 6. The molecule has 7 nitrogen and oxygen atoms in total. The van der Waals surface area contributed by atoms with E-state index < -0.39 is 12.1 Å². The minimum atomic E-state index is -0.705. The number of nitrogens with zero attached hydrogens (tertiary/aromatic N) is 1. The van der Waals surface area contributed by atoms with E-state index in [9.17, 15) is 14.4 Å². The average molecular weight is 513 g/mol. The smallest absolute Gasteiger partial charge is 0.255 e. The minimum absolute atomic E-state index is 0.116. The van der Waals surface area contributed by atoms with E-state index in [0.29, 0.717) is 18.4 Å². The number of hydrogen-bond acceptors (Lipinski definition) is 3. The van der Waals surface area contributed by atoms with E-state index in [2.05, 4.69) is 35.5 Å². The van der Waals surface area contributed by atoms with E-state index in [1.165, 1.54) is 6.42 Å². The number of amides is 3. The number of carbonyl (C=O) groups excluding carboxylic acids is 3. The molecule has 3 N–H and O–H groups in total. The summed E-state index contributed by atoms with van der Waals surface area (Å²) in [4.78, 5) is 46.3. The molecular weight excluding hydrogens is 476 g/mol. The SMILES string of the molecule is CC(C)CC(NC(=O)C1Cc2c([nH]c3ccccc23)C2c3ccccc3C(=O)N12)C(=O)NC1CCCCC1. The molecule has 3 atom stereocenters. The van der Waals surface area contributed by atoms with Gasteiger partial charge in [0.05, 0.1) is 6.04 Å². The zero-order valence-electron chi connectivity index (χ0n) is 22.1. The first-order chi connectivity index (χ1) is 18.4. The van der Waals surface area contributed by atoms with Gasteiger partial charge in [0.2, 0.25) is 11.8 Å². The van der Waals surface area contributed by atoms with E-state index in [-0.39, 0.29) is 35.7 Å². The first-order valence-electron chi connectivity index (χ1n) is 14.0. The van der Waals surface area contributed by atoms with Gasteiger partial charge in [0.15, 0.2) is 0 Å². The second-order valence-electron chi connectivity index (χ2n) is 11.5. The van der Waals surface area contributed by atoms with Gasteiger partial charge in [-0.25, -0.2) is 0 Å². The monoisotopic (exact) mass is 512 g/mol. The number of H-pyrrole nitrogens is 1. The number of aromatic amines is 1. The van der Waals surface area contributed by atoms with Crippen LogP contribution in [-0.2, 0) is 16.0 Å². The Labute approximate surface area is 223 Å². The molecule has 0 radical (unpaired) electrons. The Bertz CT molecular complexity index is 1390. The summed E-state index contributed by atoms with van der Waals surface area (Å²) >= 11 is 0. The summed E-state index contributed by atoms with van der Waals surface area (Å²) in [7, 11) is 0. The number of aromatic nitrogens is 1. The van der Waals surface area contributed by atoms with Gasteiger partial charge in [-0.3, -0.25) is 14.4 Å². The summed E-state index contributed by atoms with van der Waals surface area (Å²) in [5.41, 5.74) is 4.59. The highest BCUT2D eigenvalue weighted by Gasteiger charge is 2.49. The number of fused-ring (bicyclic) bond motifs is 7. The summed E-state index contributed by atoms with van der Waals surface area (Å²) in [5, 5.41) is 7.36. The second kappa shape index (κ2) is 9.93. The van der Waals surface area contributed by atoms with Gasteiger partial charge in [0, 0.05) is 34.6 Å². The van der Waals surface area contributed by atoms with Gasteiger partial charge in [0.1, 0.15) is 12.1 Å². The third-order valence-corrected chi connectivity index (χ3v) is 8.45. The number of nitrogens with one attached hydrogen (secondary N) is 3. The molecule has 3 aliphatic rings. The molecule has 2 aliphatic heterocycles. The van der Waals surface area contributed by atoms with Gasteiger partial charge in [-0.15, -0.1) is 0 Å². The maximum absolute atomic E-state index is 14.0. The number of para-hydroxylation sites is 1. The van der Waals surface area contributed by atoms with Crippen LogP contribution < -0.4 is 10.6 Å². The topological polar surface area (TPSA) is 94.3 Å². The van der Waals surface area contributed by atoms with Crippen molar-refractivity contribution in [3.63, 3.8) is 0 Å². The molecule has 1 aromatic heterocycles. The highest BCUT2D eigenvalue weighted by molar-refractivity contribution is 6.04. The molecule has 3 unspecified atom stereocenters. The van der Waals surface area contributed by atoms with E-state index in [0.717, 1.165) is 53.4 Å². The van der Waals surface area contributed by atoms with E-state index in [4.69, 9.17) is 0 Å². The summed E-state index contributed by atoms with van der Waals surface area (Å²) in [6, 6.07) is 14.2. The molecular formula is C31H36N4O3. The molecule has 6 rings (SSSR count). The molecule has 3 aromatic rings. The van der Waals surface area contributed by atoms with Crippen LogP contribution in [0.5, 0.6) is 0 Å². The van der Waals surface area contributed by atoms with Crippen LogP contribution in [0.4, 0.5) is 0 Å². The van der Waals surface area contributed by atoms with Gasteiger partial charge < -0.3 is 20.5 Å². The normalized spacial score (nSPS) is 21.7. The van der Waals surface area contributed by atoms with Crippen LogP contribution in [0.3, 0.4) is 0 Å². The van der Waals surface area contributed by atoms with Gasteiger partial charge in [-0.2, -0.15) is 0 Å². The largest absolute Gasteiger partial charge is 0.356 e. The van der Waals surface area contributed by atoms with Gasteiger partial charge in [-0.05, 0) is 48.4 Å². The number of hydrogen-bond donors (Lipinski definition) is 3. The molecule has 38 heavy (non-hydrogen) atoms. The number of carbonyl (C=O) groups is 3. The highest BCUT2D eigenvalue weighted by atomic mass is 16.2. The zero-order valence-corrected chi connectivity index (χ0v) is 22.1. The molecule has 0 bridgehead atoms. The van der Waals surface area contributed by atoms with Crippen molar-refractivity contribution in [3.8, 4) is 0 Å². The molecule has 0 saturated heterocycles. The van der Waals surface area contributed by atoms with Crippen molar-refractivity contribution in [2.24, 2.45) is 5.92 Å². The maximum atomic E-state index is 14.0. The lowest BCUT2D eigenvalue weighted by Gasteiger charge is -2.38. The summed E-state index contributed by atoms with van der Waals surface area (Å²) in [5.74, 6) is -0.289. The quantitative estimate of drug-likeness (QED) is 0.450. The van der Waals surface area contributed by atoms with Gasteiger partial charge in [-0.1, -0.05) is 69.5 Å². The van der Waals surface area contributed by atoms with Crippen LogP contribution in [0.15, 0.2) is 48.5 Å². The summed E-state index contributed by atoms with van der Waals surface area (Å²) in [6.07, 6.45) is 6.39. The Hall–Kier alpha value is -3.61. The van der Waals surface area contributed by atoms with E-state index >= 15 is 0 Å². The van der Waals surface area contributed by atoms with Crippen molar-refractivity contribution in [1.29, 1.82) is 0 Å². The Kier molecular flexibility index (Phi) is 6.46. The second-order valence-corrected chi connectivity index (χ2v) is 11.5. The molecule has 0 spiro atoms. The Balaban J connectivity index is 1.33.